The molecule has 39 heavy (non-hydrogen) atoms. The van der Waals surface area contributed by atoms with Crippen LogP contribution >= 0.6 is 24.8 Å². The van der Waals surface area contributed by atoms with Crippen LogP contribution in [0.1, 0.15) is 64.8 Å². The Labute approximate surface area is 243 Å². The number of carbonyl (C=O) groups excluding carboxylic acids is 1. The molecule has 1 amide bonds. The summed E-state index contributed by atoms with van der Waals surface area (Å²) in [6.07, 6.45) is 5.46. The van der Waals surface area contributed by atoms with Gasteiger partial charge in [-0.1, -0.05) is 61.4 Å². The van der Waals surface area contributed by atoms with E-state index in [-0.39, 0.29) is 30.7 Å². The number of nitrogens with one attached hydrogen (secondary N) is 2. The number of carbonyl (C=O) groups is 1. The molecule has 0 heterocycles. The predicted molar refractivity (Wildman–Crippen MR) is 162 cm³/mol. The number of hydrogen-bond acceptors (Lipinski definition) is 6. The Morgan fingerprint density at radius 2 is 1.59 bits per heavy atom. The molecular formula is C29H37Cl2N3O4S. The number of halogens is 2. The fraction of sp³-hybridized carbons (Fsp3) is 0.345. The Morgan fingerprint density at radius 3 is 2.21 bits per heavy atom. The largest absolute Gasteiger partial charge is 0.399 e. The van der Waals surface area contributed by atoms with E-state index in [0.717, 1.165) is 67.2 Å². The molecule has 1 fully saturated rings. The molecule has 3 aromatic carbocycles. The van der Waals surface area contributed by atoms with E-state index in [0.29, 0.717) is 17.8 Å². The van der Waals surface area contributed by atoms with Gasteiger partial charge in [-0.25, -0.2) is 13.1 Å². The molecule has 1 atom stereocenters. The highest BCUT2D eigenvalue weighted by Crippen LogP contribution is 2.38. The van der Waals surface area contributed by atoms with Crippen molar-refractivity contribution in [3.05, 3.63) is 89.0 Å². The molecule has 0 aliphatic heterocycles. The lowest BCUT2D eigenvalue weighted by Crippen LogP contribution is -2.30. The van der Waals surface area contributed by atoms with Crippen LogP contribution in [0, 0.1) is 0 Å². The van der Waals surface area contributed by atoms with Crippen molar-refractivity contribution in [2.24, 2.45) is 0 Å². The van der Waals surface area contributed by atoms with E-state index in [4.69, 9.17) is 5.73 Å². The Bertz CT molecular complexity index is 1330. The lowest BCUT2D eigenvalue weighted by molar-refractivity contribution is 0.0980. The second-order valence-corrected chi connectivity index (χ2v) is 11.6. The molecule has 3 aromatic rings. The van der Waals surface area contributed by atoms with Gasteiger partial charge in [-0.05, 0) is 77.7 Å². The van der Waals surface area contributed by atoms with Crippen molar-refractivity contribution in [1.82, 2.24) is 10.0 Å². The minimum Gasteiger partial charge on any atom is -0.399 e. The first-order valence-corrected chi connectivity index (χ1v) is 14.6. The van der Waals surface area contributed by atoms with Crippen molar-refractivity contribution in [2.45, 2.75) is 44.1 Å². The van der Waals surface area contributed by atoms with E-state index in [1.807, 2.05) is 24.3 Å². The van der Waals surface area contributed by atoms with Gasteiger partial charge in [0.25, 0.3) is 5.91 Å². The quantitative estimate of drug-likeness (QED) is 0.194. The number of anilines is 1. The predicted octanol–water partition coefficient (Wildman–Crippen LogP) is 4.99. The summed E-state index contributed by atoms with van der Waals surface area (Å²) in [5, 5.41) is 13.6. The van der Waals surface area contributed by atoms with Crippen LogP contribution in [-0.4, -0.2) is 38.8 Å². The summed E-state index contributed by atoms with van der Waals surface area (Å²) in [7, 11) is -3.63. The van der Waals surface area contributed by atoms with Crippen molar-refractivity contribution in [2.75, 3.05) is 25.1 Å². The fourth-order valence-electron chi connectivity index (χ4n) is 4.92. The monoisotopic (exact) mass is 593 g/mol. The van der Waals surface area contributed by atoms with Crippen molar-refractivity contribution in [1.29, 1.82) is 0 Å². The van der Waals surface area contributed by atoms with E-state index >= 15 is 0 Å². The number of nitrogens with two attached hydrogens (primary N) is 1. The van der Waals surface area contributed by atoms with Crippen molar-refractivity contribution in [3.8, 4) is 11.1 Å². The van der Waals surface area contributed by atoms with Crippen LogP contribution in [0.2, 0.25) is 0 Å². The van der Waals surface area contributed by atoms with Crippen LogP contribution < -0.4 is 15.8 Å². The molecule has 1 aliphatic rings. The lowest BCUT2D eigenvalue weighted by Gasteiger charge is -2.17. The van der Waals surface area contributed by atoms with Crippen LogP contribution in [0.15, 0.2) is 66.7 Å². The van der Waals surface area contributed by atoms with Gasteiger partial charge in [0.15, 0.2) is 0 Å². The molecule has 4 rings (SSSR count). The fourth-order valence-corrected chi connectivity index (χ4v) is 5.37. The molecule has 0 radical (unpaired) electrons. The maximum Gasteiger partial charge on any atom is 0.265 e. The molecule has 0 unspecified atom stereocenters. The lowest BCUT2D eigenvalue weighted by atomic mass is 9.89. The average Bonchev–Trinajstić information content (AvgIpc) is 3.41. The smallest absolute Gasteiger partial charge is 0.265 e. The zero-order chi connectivity index (χ0) is 26.4. The number of benzene rings is 3. The van der Waals surface area contributed by atoms with Crippen LogP contribution in [0.3, 0.4) is 0 Å². The maximum atomic E-state index is 12.7. The second kappa shape index (κ2) is 14.7. The first-order valence-electron chi connectivity index (χ1n) is 12.7. The average molecular weight is 595 g/mol. The third-order valence-corrected chi connectivity index (χ3v) is 7.46. The van der Waals surface area contributed by atoms with E-state index in [1.165, 1.54) is 5.56 Å². The van der Waals surface area contributed by atoms with Crippen LogP contribution in [0.5, 0.6) is 0 Å². The van der Waals surface area contributed by atoms with Gasteiger partial charge in [0.05, 0.1) is 12.4 Å². The van der Waals surface area contributed by atoms with Crippen molar-refractivity contribution >= 4 is 46.4 Å². The molecule has 0 saturated heterocycles. The van der Waals surface area contributed by atoms with Crippen molar-refractivity contribution < 1.29 is 18.3 Å². The molecule has 1 aliphatic carbocycles. The SMILES string of the molecule is CS(=O)(=O)NC(=O)c1ccc(-c2ccc(CCNC[C@H](O)c3ccc(N)cc3)cc2)cc1C1CCCC1.Cl.Cl. The molecule has 212 valence electrons. The summed E-state index contributed by atoms with van der Waals surface area (Å²) in [5.74, 6) is -0.311. The van der Waals surface area contributed by atoms with Crippen LogP contribution in [0.25, 0.3) is 11.1 Å². The normalized spacial score (nSPS) is 14.2. The Morgan fingerprint density at radius 1 is 0.974 bits per heavy atom. The van der Waals surface area contributed by atoms with Crippen molar-refractivity contribution in [3.63, 3.8) is 0 Å². The molecule has 5 N–H and O–H groups in total. The van der Waals surface area contributed by atoms with E-state index in [9.17, 15) is 18.3 Å². The minimum absolute atomic E-state index is 0. The number of aliphatic hydroxyl groups excluding tert-OH is 1. The van der Waals surface area contributed by atoms with Gasteiger partial charge in [-0.15, -0.1) is 24.8 Å². The number of sulfonamides is 1. The first kappa shape index (κ1) is 32.6. The van der Waals surface area contributed by atoms with Gasteiger partial charge < -0.3 is 16.2 Å². The topological polar surface area (TPSA) is 122 Å². The van der Waals surface area contributed by atoms with Gasteiger partial charge in [-0.3, -0.25) is 4.79 Å². The number of hydrogen-bond donors (Lipinski definition) is 4. The highest BCUT2D eigenvalue weighted by Gasteiger charge is 2.24. The third kappa shape index (κ3) is 9.22. The summed E-state index contributed by atoms with van der Waals surface area (Å²) < 4.78 is 25.4. The Balaban J connectivity index is 0.00000267. The number of amides is 1. The minimum atomic E-state index is -3.63. The number of aliphatic hydroxyl groups is 1. The number of rotatable bonds is 10. The maximum absolute atomic E-state index is 12.7. The Hall–Kier alpha value is -2.62. The third-order valence-electron chi connectivity index (χ3n) is 6.91. The molecule has 10 heteroatoms. The summed E-state index contributed by atoms with van der Waals surface area (Å²) in [4.78, 5) is 12.7. The van der Waals surface area contributed by atoms with E-state index in [1.54, 1.807) is 18.2 Å². The van der Waals surface area contributed by atoms with Crippen LogP contribution in [0.4, 0.5) is 5.69 Å². The zero-order valence-electron chi connectivity index (χ0n) is 21.9. The van der Waals surface area contributed by atoms with E-state index < -0.39 is 22.0 Å². The summed E-state index contributed by atoms with van der Waals surface area (Å²) in [6.45, 7) is 1.20. The summed E-state index contributed by atoms with van der Waals surface area (Å²) in [5.41, 5.74) is 11.8. The molecule has 0 bridgehead atoms. The van der Waals surface area contributed by atoms with Gasteiger partial charge in [0.1, 0.15) is 0 Å². The summed E-state index contributed by atoms with van der Waals surface area (Å²) in [6, 6.07) is 21.2. The van der Waals surface area contributed by atoms with Gasteiger partial charge in [0, 0.05) is 17.8 Å². The summed E-state index contributed by atoms with van der Waals surface area (Å²) >= 11 is 0. The molecular weight excluding hydrogens is 557 g/mol. The molecule has 1 saturated carbocycles. The molecule has 0 aromatic heterocycles. The van der Waals surface area contributed by atoms with Crippen LogP contribution in [-0.2, 0) is 16.4 Å². The van der Waals surface area contributed by atoms with E-state index in [2.05, 4.69) is 34.3 Å². The Kier molecular flexibility index (Phi) is 12.3. The zero-order valence-corrected chi connectivity index (χ0v) is 24.4. The molecule has 7 nitrogen and oxygen atoms in total. The first-order chi connectivity index (χ1) is 17.7. The number of nitrogen functional groups attached to an aromatic ring is 1. The molecule has 0 spiro atoms. The standard InChI is InChI=1S/C29H35N3O4S.2ClH/c1-37(35,36)32-29(34)26-15-12-24(18-27(26)22-4-2-3-5-22)21-8-6-20(7-9-21)16-17-31-19-28(33)23-10-13-25(30)14-11-23;;/h6-15,18,22,28,31,33H,2-5,16-17,19,30H2,1H3,(H,32,34);2*1H/t28-;;/m0../s1. The highest BCUT2D eigenvalue weighted by atomic mass is 35.5. The van der Waals surface area contributed by atoms with Gasteiger partial charge in [0.2, 0.25) is 10.0 Å². The van der Waals surface area contributed by atoms with Gasteiger partial charge in [-0.2, -0.15) is 0 Å². The highest BCUT2D eigenvalue weighted by molar-refractivity contribution is 7.89. The second-order valence-electron chi connectivity index (χ2n) is 9.82. The van der Waals surface area contributed by atoms with Gasteiger partial charge >= 0.3 is 0 Å².